The molecule has 2 aromatic carbocycles. The van der Waals surface area contributed by atoms with Gasteiger partial charge in [0, 0.05) is 0 Å². The quantitative estimate of drug-likeness (QED) is 0.669. The fraction of sp³-hybridized carbons (Fsp3) is 0.118. The number of ether oxygens (including phenoxy) is 3. The van der Waals surface area contributed by atoms with Gasteiger partial charge >= 0.3 is 0 Å². The molecule has 1 N–H and O–H groups in total. The predicted molar refractivity (Wildman–Crippen MR) is 85.0 cm³/mol. The highest BCUT2D eigenvalue weighted by Crippen LogP contribution is 2.31. The average Bonchev–Trinajstić information content (AvgIpc) is 3.08. The van der Waals surface area contributed by atoms with Crippen molar-refractivity contribution in [2.24, 2.45) is 5.10 Å². The molecular weight excluding hydrogens is 310 g/mol. The van der Waals surface area contributed by atoms with Crippen molar-refractivity contribution in [2.45, 2.75) is 0 Å². The number of benzene rings is 2. The van der Waals surface area contributed by atoms with Crippen molar-refractivity contribution < 1.29 is 19.0 Å². The summed E-state index contributed by atoms with van der Waals surface area (Å²) in [6, 6.07) is 13.8. The number of amides is 1. The first-order valence-electron chi connectivity index (χ1n) is 7.09. The predicted octanol–water partition coefficient (Wildman–Crippen LogP) is 1.82. The first-order chi connectivity index (χ1) is 11.7. The zero-order valence-corrected chi connectivity index (χ0v) is 12.6. The van der Waals surface area contributed by atoms with E-state index in [1.807, 2.05) is 6.07 Å². The molecule has 7 nitrogen and oxygen atoms in total. The van der Waals surface area contributed by atoms with Crippen molar-refractivity contribution in [2.75, 3.05) is 13.4 Å². The maximum Gasteiger partial charge on any atom is 0.277 e. The number of nitrogens with one attached hydrogen (secondary N) is 1. The van der Waals surface area contributed by atoms with E-state index < -0.39 is 5.91 Å². The van der Waals surface area contributed by atoms with Crippen LogP contribution in [0, 0.1) is 11.3 Å². The van der Waals surface area contributed by atoms with Gasteiger partial charge in [-0.25, -0.2) is 5.43 Å². The van der Waals surface area contributed by atoms with Gasteiger partial charge < -0.3 is 14.2 Å². The fourth-order valence-corrected chi connectivity index (χ4v) is 1.98. The van der Waals surface area contributed by atoms with E-state index in [1.54, 1.807) is 42.5 Å². The van der Waals surface area contributed by atoms with Crippen LogP contribution in [0.2, 0.25) is 0 Å². The van der Waals surface area contributed by atoms with Crippen LogP contribution >= 0.6 is 0 Å². The van der Waals surface area contributed by atoms with Crippen molar-refractivity contribution in [3.63, 3.8) is 0 Å². The molecule has 120 valence electrons. The topological polar surface area (TPSA) is 92.9 Å². The van der Waals surface area contributed by atoms with Gasteiger partial charge in [0.2, 0.25) is 6.79 Å². The largest absolute Gasteiger partial charge is 0.484 e. The molecule has 1 heterocycles. The molecule has 1 aliphatic heterocycles. The maximum atomic E-state index is 11.7. The van der Waals surface area contributed by atoms with E-state index in [-0.39, 0.29) is 13.4 Å². The van der Waals surface area contributed by atoms with Crippen LogP contribution in [-0.4, -0.2) is 25.5 Å². The highest BCUT2D eigenvalue weighted by molar-refractivity contribution is 5.83. The summed E-state index contributed by atoms with van der Waals surface area (Å²) in [6.07, 6.45) is 1.50. The number of nitriles is 1. The van der Waals surface area contributed by atoms with Gasteiger partial charge in [0.1, 0.15) is 5.75 Å². The number of rotatable bonds is 5. The minimum absolute atomic E-state index is 0.176. The molecule has 0 bridgehead atoms. The van der Waals surface area contributed by atoms with Crippen molar-refractivity contribution in [3.05, 3.63) is 53.6 Å². The molecule has 0 saturated carbocycles. The summed E-state index contributed by atoms with van der Waals surface area (Å²) >= 11 is 0. The van der Waals surface area contributed by atoms with Crippen LogP contribution in [0.4, 0.5) is 0 Å². The lowest BCUT2D eigenvalue weighted by atomic mass is 10.2. The van der Waals surface area contributed by atoms with Gasteiger partial charge in [-0.05, 0) is 48.0 Å². The second-order valence-corrected chi connectivity index (χ2v) is 4.83. The number of hydrogen-bond acceptors (Lipinski definition) is 6. The Bertz CT molecular complexity index is 810. The third-order valence-electron chi connectivity index (χ3n) is 3.15. The zero-order valence-electron chi connectivity index (χ0n) is 12.6. The van der Waals surface area contributed by atoms with Crippen LogP contribution in [0.5, 0.6) is 17.2 Å². The molecule has 0 aromatic heterocycles. The van der Waals surface area contributed by atoms with Gasteiger partial charge in [-0.1, -0.05) is 0 Å². The molecule has 2 aromatic rings. The van der Waals surface area contributed by atoms with E-state index in [9.17, 15) is 4.79 Å². The first kappa shape index (κ1) is 15.4. The van der Waals surface area contributed by atoms with E-state index in [0.717, 1.165) is 5.56 Å². The summed E-state index contributed by atoms with van der Waals surface area (Å²) in [5.41, 5.74) is 3.67. The Morgan fingerprint density at radius 1 is 1.25 bits per heavy atom. The fourth-order valence-electron chi connectivity index (χ4n) is 1.98. The van der Waals surface area contributed by atoms with Gasteiger partial charge in [-0.2, -0.15) is 10.4 Å². The summed E-state index contributed by atoms with van der Waals surface area (Å²) in [7, 11) is 0. The lowest BCUT2D eigenvalue weighted by molar-refractivity contribution is -0.123. The van der Waals surface area contributed by atoms with E-state index >= 15 is 0 Å². The summed E-state index contributed by atoms with van der Waals surface area (Å²) < 4.78 is 15.8. The molecule has 1 aliphatic rings. The van der Waals surface area contributed by atoms with E-state index in [4.69, 9.17) is 19.5 Å². The highest BCUT2D eigenvalue weighted by atomic mass is 16.7. The lowest BCUT2D eigenvalue weighted by Gasteiger charge is -2.04. The first-order valence-corrected chi connectivity index (χ1v) is 7.09. The zero-order chi connectivity index (χ0) is 16.8. The van der Waals surface area contributed by atoms with Gasteiger partial charge in [0.05, 0.1) is 17.8 Å². The van der Waals surface area contributed by atoms with Crippen molar-refractivity contribution in [1.29, 1.82) is 5.26 Å². The van der Waals surface area contributed by atoms with E-state index in [2.05, 4.69) is 10.5 Å². The van der Waals surface area contributed by atoms with Crippen molar-refractivity contribution in [3.8, 4) is 23.3 Å². The molecular formula is C17H13N3O4. The van der Waals surface area contributed by atoms with Crippen LogP contribution < -0.4 is 19.6 Å². The smallest absolute Gasteiger partial charge is 0.277 e. The number of nitrogens with zero attached hydrogens (tertiary/aromatic N) is 2. The summed E-state index contributed by atoms with van der Waals surface area (Å²) in [6.45, 7) is 0.0315. The van der Waals surface area contributed by atoms with Gasteiger partial charge in [0.25, 0.3) is 5.91 Å². The summed E-state index contributed by atoms with van der Waals surface area (Å²) in [5.74, 6) is 1.45. The van der Waals surface area contributed by atoms with Crippen LogP contribution in [0.25, 0.3) is 0 Å². The molecule has 0 aliphatic carbocycles. The Kier molecular flexibility index (Phi) is 4.58. The number of carbonyl (C=O) groups excluding carboxylic acids is 1. The number of carbonyl (C=O) groups is 1. The molecule has 0 saturated heterocycles. The van der Waals surface area contributed by atoms with E-state index in [0.29, 0.717) is 22.8 Å². The normalized spacial score (nSPS) is 12.0. The lowest BCUT2D eigenvalue weighted by Crippen LogP contribution is -2.24. The number of hydrogen-bond donors (Lipinski definition) is 1. The second kappa shape index (κ2) is 7.15. The molecule has 0 radical (unpaired) electrons. The van der Waals surface area contributed by atoms with Gasteiger partial charge in [0.15, 0.2) is 18.1 Å². The molecule has 3 rings (SSSR count). The van der Waals surface area contributed by atoms with Gasteiger partial charge in [-0.15, -0.1) is 0 Å². The van der Waals surface area contributed by atoms with Gasteiger partial charge in [-0.3, -0.25) is 4.79 Å². The summed E-state index contributed by atoms with van der Waals surface area (Å²) in [4.78, 5) is 11.7. The third-order valence-corrected chi connectivity index (χ3v) is 3.15. The molecule has 0 atom stereocenters. The molecule has 1 amide bonds. The molecule has 7 heteroatoms. The number of hydrazone groups is 1. The third kappa shape index (κ3) is 3.81. The van der Waals surface area contributed by atoms with Crippen LogP contribution in [-0.2, 0) is 4.79 Å². The monoisotopic (exact) mass is 323 g/mol. The number of fused-ring (bicyclic) bond motifs is 1. The molecule has 24 heavy (non-hydrogen) atoms. The Morgan fingerprint density at radius 2 is 2.04 bits per heavy atom. The SMILES string of the molecule is N#Cc1ccc(OCC(=O)NN=Cc2ccc3c(c2)OCO3)cc1. The Balaban J connectivity index is 1.47. The maximum absolute atomic E-state index is 11.7. The van der Waals surface area contributed by atoms with Crippen LogP contribution in [0.3, 0.4) is 0 Å². The van der Waals surface area contributed by atoms with E-state index in [1.165, 1.54) is 6.21 Å². The second-order valence-electron chi connectivity index (χ2n) is 4.83. The standard InChI is InChI=1S/C17H13N3O4/c18-8-12-1-4-14(5-2-12)22-10-17(21)20-19-9-13-3-6-15-16(7-13)24-11-23-15/h1-7,9H,10-11H2,(H,20,21). The molecule has 0 fully saturated rings. The molecule has 0 unspecified atom stereocenters. The average molecular weight is 323 g/mol. The molecule has 0 spiro atoms. The highest BCUT2D eigenvalue weighted by Gasteiger charge is 2.12. The Hall–Kier alpha value is -3.53. The Morgan fingerprint density at radius 3 is 2.83 bits per heavy atom. The van der Waals surface area contributed by atoms with Crippen molar-refractivity contribution >= 4 is 12.1 Å². The van der Waals surface area contributed by atoms with Crippen LogP contribution in [0.1, 0.15) is 11.1 Å². The van der Waals surface area contributed by atoms with Crippen LogP contribution in [0.15, 0.2) is 47.6 Å². The Labute approximate surface area is 138 Å². The minimum Gasteiger partial charge on any atom is -0.484 e. The van der Waals surface area contributed by atoms with Crippen molar-refractivity contribution in [1.82, 2.24) is 5.43 Å². The summed E-state index contributed by atoms with van der Waals surface area (Å²) in [5, 5.41) is 12.6. The minimum atomic E-state index is -0.392.